The van der Waals surface area contributed by atoms with Crippen LogP contribution in [0.3, 0.4) is 0 Å². The van der Waals surface area contributed by atoms with E-state index in [1.54, 1.807) is 6.07 Å². The molecule has 1 aromatic carbocycles. The second-order valence-corrected chi connectivity index (χ2v) is 8.95. The van der Waals surface area contributed by atoms with Crippen molar-refractivity contribution in [2.75, 3.05) is 24.3 Å². The number of nitrogens with one attached hydrogen (secondary N) is 2. The Balaban J connectivity index is 1.53. The number of ether oxygens (including phenoxy) is 1. The van der Waals surface area contributed by atoms with E-state index in [4.69, 9.17) is 16.3 Å². The number of nitrogens with zero attached hydrogens (tertiary/aromatic N) is 4. The summed E-state index contributed by atoms with van der Waals surface area (Å²) in [5, 5.41) is 16.7. The zero-order valence-electron chi connectivity index (χ0n) is 20.2. The third-order valence-corrected chi connectivity index (χ3v) is 6.26. The number of anilines is 2. The maximum absolute atomic E-state index is 15.0. The molecule has 2 N–H and O–H groups in total. The average molecular weight is 545 g/mol. The van der Waals surface area contributed by atoms with Crippen LogP contribution in [0, 0.1) is 22.9 Å². The number of rotatable bonds is 6. The Bertz CT molecular complexity index is 1460. The molecule has 1 saturated heterocycles. The number of benzene rings is 1. The van der Waals surface area contributed by atoms with E-state index in [1.807, 2.05) is 0 Å². The number of urea groups is 1. The molecule has 0 unspecified atom stereocenters. The van der Waals surface area contributed by atoms with Gasteiger partial charge < -0.3 is 15.0 Å². The van der Waals surface area contributed by atoms with Gasteiger partial charge >= 0.3 is 6.03 Å². The highest BCUT2D eigenvalue weighted by molar-refractivity contribution is 6.30. The summed E-state index contributed by atoms with van der Waals surface area (Å²) in [6.45, 7) is 1.54. The predicted octanol–water partition coefficient (Wildman–Crippen LogP) is 3.50. The maximum Gasteiger partial charge on any atom is 0.323 e. The number of hydrogen-bond donors (Lipinski definition) is 2. The average Bonchev–Trinajstić information content (AvgIpc) is 3.31. The Labute approximate surface area is 220 Å². The fourth-order valence-corrected chi connectivity index (χ4v) is 4.16. The lowest BCUT2D eigenvalue weighted by Crippen LogP contribution is -2.45. The van der Waals surface area contributed by atoms with E-state index in [2.05, 4.69) is 15.6 Å². The first-order chi connectivity index (χ1) is 18.1. The van der Waals surface area contributed by atoms with Crippen molar-refractivity contribution >= 4 is 40.7 Å². The minimum atomic E-state index is -0.978. The van der Waals surface area contributed by atoms with Crippen LogP contribution in [0.2, 0.25) is 5.02 Å². The van der Waals surface area contributed by atoms with Crippen LogP contribution in [-0.4, -0.2) is 57.1 Å². The largest absolute Gasteiger partial charge is 0.380 e. The zero-order chi connectivity index (χ0) is 27.6. The van der Waals surface area contributed by atoms with Crippen LogP contribution >= 0.6 is 11.6 Å². The standard InChI is InChI=1S/C24H22ClFN6O6/c1-13-7-22(33)30(12-20(13)32(36)37)15-4-5-18(17(26)8-15)28-23(34)19-9-16(38-2)11-31(19)24(35)29-21-6-3-14(25)10-27-21/h3-8,10,12,16,19H,9,11H2,1-2H3,(H,28,34)(H,27,29,35)/t16-,19-/m1/s1. The molecule has 38 heavy (non-hydrogen) atoms. The third kappa shape index (κ3) is 5.63. The lowest BCUT2D eigenvalue weighted by molar-refractivity contribution is -0.385. The number of carbonyl (C=O) groups is 2. The maximum atomic E-state index is 15.0. The van der Waals surface area contributed by atoms with E-state index in [0.29, 0.717) is 5.02 Å². The summed E-state index contributed by atoms with van der Waals surface area (Å²) < 4.78 is 21.2. The highest BCUT2D eigenvalue weighted by Crippen LogP contribution is 2.25. The number of likely N-dealkylation sites (tertiary alicyclic amines) is 1. The summed E-state index contributed by atoms with van der Waals surface area (Å²) in [6, 6.07) is 6.09. The zero-order valence-corrected chi connectivity index (χ0v) is 20.9. The van der Waals surface area contributed by atoms with Crippen molar-refractivity contribution in [3.63, 3.8) is 0 Å². The lowest BCUT2D eigenvalue weighted by Gasteiger charge is -2.24. The van der Waals surface area contributed by atoms with Gasteiger partial charge in [0.15, 0.2) is 0 Å². The van der Waals surface area contributed by atoms with Gasteiger partial charge in [0.05, 0.1) is 33.6 Å². The van der Waals surface area contributed by atoms with Gasteiger partial charge in [0.1, 0.15) is 17.7 Å². The van der Waals surface area contributed by atoms with E-state index >= 15 is 0 Å². The Kier molecular flexibility index (Phi) is 7.69. The normalized spacial score (nSPS) is 16.8. The molecule has 2 aromatic heterocycles. The summed E-state index contributed by atoms with van der Waals surface area (Å²) in [5.41, 5.74) is -0.882. The van der Waals surface area contributed by atoms with Crippen molar-refractivity contribution in [3.05, 3.63) is 85.7 Å². The van der Waals surface area contributed by atoms with Gasteiger partial charge in [0.2, 0.25) is 5.91 Å². The Hall–Kier alpha value is -4.36. The molecule has 3 aromatic rings. The second-order valence-electron chi connectivity index (χ2n) is 8.51. The summed E-state index contributed by atoms with van der Waals surface area (Å²) in [6.07, 6.45) is 2.12. The molecule has 3 heterocycles. The third-order valence-electron chi connectivity index (χ3n) is 6.04. The molecule has 0 saturated carbocycles. The topological polar surface area (TPSA) is 149 Å². The number of aromatic nitrogens is 2. The molecular weight excluding hydrogens is 523 g/mol. The van der Waals surface area contributed by atoms with Crippen molar-refractivity contribution < 1.29 is 23.6 Å². The van der Waals surface area contributed by atoms with Crippen LogP contribution in [0.5, 0.6) is 0 Å². The van der Waals surface area contributed by atoms with Crippen molar-refractivity contribution in [3.8, 4) is 5.69 Å². The fraction of sp³-hybridized carbons (Fsp3) is 0.250. The number of hydrogen-bond acceptors (Lipinski definition) is 7. The Morgan fingerprint density at radius 2 is 2.00 bits per heavy atom. The molecule has 1 aliphatic rings. The summed E-state index contributed by atoms with van der Waals surface area (Å²) in [7, 11) is 1.46. The van der Waals surface area contributed by atoms with Gasteiger partial charge in [-0.3, -0.25) is 29.6 Å². The van der Waals surface area contributed by atoms with E-state index in [-0.39, 0.29) is 41.4 Å². The van der Waals surface area contributed by atoms with Crippen LogP contribution in [0.15, 0.2) is 53.6 Å². The summed E-state index contributed by atoms with van der Waals surface area (Å²) in [5.74, 6) is -1.31. The molecule has 1 fully saturated rings. The molecule has 3 amide bonds. The van der Waals surface area contributed by atoms with Gasteiger partial charge in [0, 0.05) is 44.0 Å². The number of aryl methyl sites for hydroxylation is 1. The monoisotopic (exact) mass is 544 g/mol. The second kappa shape index (κ2) is 10.9. The van der Waals surface area contributed by atoms with Gasteiger partial charge in [-0.2, -0.15) is 0 Å². The molecule has 198 valence electrons. The highest BCUT2D eigenvalue weighted by atomic mass is 35.5. The van der Waals surface area contributed by atoms with E-state index in [1.165, 1.54) is 43.3 Å². The van der Waals surface area contributed by atoms with Crippen molar-refractivity contribution in [2.24, 2.45) is 0 Å². The number of pyridine rings is 2. The number of methoxy groups -OCH3 is 1. The quantitative estimate of drug-likeness (QED) is 0.356. The molecule has 1 aliphatic heterocycles. The number of halogens is 2. The minimum Gasteiger partial charge on any atom is -0.380 e. The van der Waals surface area contributed by atoms with Crippen LogP contribution in [0.1, 0.15) is 12.0 Å². The number of nitro groups is 1. The van der Waals surface area contributed by atoms with Crippen molar-refractivity contribution in [1.82, 2.24) is 14.5 Å². The fourth-order valence-electron chi connectivity index (χ4n) is 4.05. The Morgan fingerprint density at radius 3 is 2.63 bits per heavy atom. The molecule has 2 atom stereocenters. The van der Waals surface area contributed by atoms with Crippen molar-refractivity contribution in [2.45, 2.75) is 25.5 Å². The van der Waals surface area contributed by atoms with Gasteiger partial charge in [-0.25, -0.2) is 14.2 Å². The van der Waals surface area contributed by atoms with Crippen LogP contribution in [-0.2, 0) is 9.53 Å². The summed E-state index contributed by atoms with van der Waals surface area (Å²) in [4.78, 5) is 54.2. The molecule has 0 spiro atoms. The smallest absolute Gasteiger partial charge is 0.323 e. The van der Waals surface area contributed by atoms with Crippen molar-refractivity contribution in [1.29, 1.82) is 0 Å². The lowest BCUT2D eigenvalue weighted by atomic mass is 10.1. The van der Waals surface area contributed by atoms with E-state index in [0.717, 1.165) is 22.9 Å². The molecular formula is C24H22ClFN6O6. The molecule has 4 rings (SSSR count). The van der Waals surface area contributed by atoms with Gasteiger partial charge in [0.25, 0.3) is 11.2 Å². The number of carbonyl (C=O) groups excluding carboxylic acids is 2. The predicted molar refractivity (Wildman–Crippen MR) is 136 cm³/mol. The Morgan fingerprint density at radius 1 is 1.24 bits per heavy atom. The van der Waals surface area contributed by atoms with Crippen LogP contribution < -0.4 is 16.2 Å². The van der Waals surface area contributed by atoms with E-state index in [9.17, 15) is 28.9 Å². The van der Waals surface area contributed by atoms with E-state index < -0.39 is 40.4 Å². The minimum absolute atomic E-state index is 0.0328. The summed E-state index contributed by atoms with van der Waals surface area (Å²) >= 11 is 5.82. The number of amides is 3. The molecule has 0 aliphatic carbocycles. The van der Waals surface area contributed by atoms with Crippen LogP contribution in [0.25, 0.3) is 5.69 Å². The molecule has 0 bridgehead atoms. The highest BCUT2D eigenvalue weighted by Gasteiger charge is 2.40. The van der Waals surface area contributed by atoms with Gasteiger partial charge in [-0.05, 0) is 31.2 Å². The first kappa shape index (κ1) is 26.7. The molecule has 12 nitrogen and oxygen atoms in total. The molecule has 14 heteroatoms. The van der Waals surface area contributed by atoms with Gasteiger partial charge in [-0.15, -0.1) is 0 Å². The molecule has 0 radical (unpaired) electrons. The van der Waals surface area contributed by atoms with Crippen LogP contribution in [0.4, 0.5) is 26.4 Å². The SMILES string of the molecule is CO[C@@H]1C[C@H](C(=O)Nc2ccc(-n3cc([N+](=O)[O-])c(C)cc3=O)cc2F)N(C(=O)Nc2ccc(Cl)cn2)C1. The first-order valence-electron chi connectivity index (χ1n) is 11.3. The van der Waals surface area contributed by atoms with Gasteiger partial charge in [-0.1, -0.05) is 11.6 Å². The first-order valence-corrected chi connectivity index (χ1v) is 11.7.